The second-order valence-corrected chi connectivity index (χ2v) is 7.17. The molecule has 1 atom stereocenters. The standard InChI is InChI=1S/C24H22N4O2/c1-16-20(23(29)26-15-19-10-6-7-12-25-19)14-21-22(27-16)11-13-28(24(21)30)17(2)18-8-4-3-5-9-18/h3-14,17H,15H2,1-2H3,(H,26,29). The molecule has 1 N–H and O–H groups in total. The number of amides is 1. The van der Waals surface area contributed by atoms with E-state index in [0.29, 0.717) is 28.7 Å². The summed E-state index contributed by atoms with van der Waals surface area (Å²) in [6.07, 6.45) is 3.44. The molecule has 0 bridgehead atoms. The first-order valence-corrected chi connectivity index (χ1v) is 9.80. The van der Waals surface area contributed by atoms with E-state index in [2.05, 4.69) is 15.3 Å². The maximum atomic E-state index is 13.2. The minimum Gasteiger partial charge on any atom is -0.346 e. The number of carbonyl (C=O) groups is 1. The minimum absolute atomic E-state index is 0.133. The van der Waals surface area contributed by atoms with Crippen LogP contribution in [0, 0.1) is 6.92 Å². The van der Waals surface area contributed by atoms with Crippen molar-refractivity contribution in [3.8, 4) is 0 Å². The van der Waals surface area contributed by atoms with Gasteiger partial charge in [0, 0.05) is 12.4 Å². The highest BCUT2D eigenvalue weighted by molar-refractivity contribution is 5.98. The summed E-state index contributed by atoms with van der Waals surface area (Å²) >= 11 is 0. The molecule has 150 valence electrons. The number of aryl methyl sites for hydroxylation is 1. The fourth-order valence-electron chi connectivity index (χ4n) is 3.48. The monoisotopic (exact) mass is 398 g/mol. The molecular formula is C24H22N4O2. The summed E-state index contributed by atoms with van der Waals surface area (Å²) in [7, 11) is 0. The number of rotatable bonds is 5. The molecule has 3 heterocycles. The lowest BCUT2D eigenvalue weighted by Gasteiger charge is -2.16. The number of hydrogen-bond acceptors (Lipinski definition) is 4. The lowest BCUT2D eigenvalue weighted by Crippen LogP contribution is -2.26. The molecule has 0 saturated carbocycles. The van der Waals surface area contributed by atoms with E-state index >= 15 is 0 Å². The Balaban J connectivity index is 1.68. The quantitative estimate of drug-likeness (QED) is 0.557. The highest BCUT2D eigenvalue weighted by Gasteiger charge is 2.16. The molecule has 0 saturated heterocycles. The highest BCUT2D eigenvalue weighted by Crippen LogP contribution is 2.19. The van der Waals surface area contributed by atoms with Gasteiger partial charge in [-0.2, -0.15) is 0 Å². The molecule has 1 unspecified atom stereocenters. The van der Waals surface area contributed by atoms with Crippen molar-refractivity contribution >= 4 is 16.8 Å². The molecule has 6 nitrogen and oxygen atoms in total. The number of carbonyl (C=O) groups excluding carboxylic acids is 1. The Kier molecular flexibility index (Phi) is 5.39. The summed E-state index contributed by atoms with van der Waals surface area (Å²) in [6.45, 7) is 4.05. The predicted molar refractivity (Wildman–Crippen MR) is 116 cm³/mol. The molecule has 4 rings (SSSR count). The van der Waals surface area contributed by atoms with Crippen molar-refractivity contribution in [3.05, 3.63) is 106 Å². The second-order valence-electron chi connectivity index (χ2n) is 7.17. The number of nitrogens with one attached hydrogen (secondary N) is 1. The van der Waals surface area contributed by atoms with Gasteiger partial charge in [0.15, 0.2) is 0 Å². The third-order valence-corrected chi connectivity index (χ3v) is 5.20. The zero-order valence-corrected chi connectivity index (χ0v) is 16.9. The van der Waals surface area contributed by atoms with E-state index in [-0.39, 0.29) is 17.5 Å². The Hall–Kier alpha value is -3.80. The molecule has 0 spiro atoms. The first-order chi connectivity index (χ1) is 14.5. The van der Waals surface area contributed by atoms with Gasteiger partial charge in [-0.15, -0.1) is 0 Å². The third-order valence-electron chi connectivity index (χ3n) is 5.20. The van der Waals surface area contributed by atoms with Gasteiger partial charge in [0.2, 0.25) is 0 Å². The molecule has 1 aromatic carbocycles. The number of aromatic nitrogens is 3. The summed E-state index contributed by atoms with van der Waals surface area (Å²) in [5.41, 5.74) is 3.17. The molecule has 0 aliphatic heterocycles. The van der Waals surface area contributed by atoms with Crippen LogP contribution in [0.25, 0.3) is 10.9 Å². The third kappa shape index (κ3) is 3.85. The maximum Gasteiger partial charge on any atom is 0.260 e. The first kappa shape index (κ1) is 19.5. The topological polar surface area (TPSA) is 76.9 Å². The van der Waals surface area contributed by atoms with Crippen molar-refractivity contribution < 1.29 is 4.79 Å². The molecule has 0 fully saturated rings. The van der Waals surface area contributed by atoms with Crippen LogP contribution in [0.5, 0.6) is 0 Å². The average Bonchev–Trinajstić information content (AvgIpc) is 2.78. The largest absolute Gasteiger partial charge is 0.346 e. The van der Waals surface area contributed by atoms with E-state index in [4.69, 9.17) is 0 Å². The van der Waals surface area contributed by atoms with Crippen molar-refractivity contribution in [1.82, 2.24) is 19.9 Å². The lowest BCUT2D eigenvalue weighted by molar-refractivity contribution is 0.0949. The molecule has 0 aliphatic rings. The average molecular weight is 398 g/mol. The van der Waals surface area contributed by atoms with Gasteiger partial charge in [-0.25, -0.2) is 0 Å². The van der Waals surface area contributed by atoms with Crippen LogP contribution in [-0.2, 0) is 6.54 Å². The van der Waals surface area contributed by atoms with Crippen LogP contribution >= 0.6 is 0 Å². The fourth-order valence-corrected chi connectivity index (χ4v) is 3.48. The number of pyridine rings is 3. The van der Waals surface area contributed by atoms with E-state index in [1.807, 2.05) is 61.5 Å². The molecule has 30 heavy (non-hydrogen) atoms. The molecule has 4 aromatic rings. The molecule has 1 amide bonds. The second kappa shape index (κ2) is 8.29. The van der Waals surface area contributed by atoms with Crippen LogP contribution in [0.1, 0.15) is 40.3 Å². The van der Waals surface area contributed by atoms with Crippen molar-refractivity contribution in [2.75, 3.05) is 0 Å². The van der Waals surface area contributed by atoms with Gasteiger partial charge in [-0.1, -0.05) is 36.4 Å². The number of hydrogen-bond donors (Lipinski definition) is 1. The van der Waals surface area contributed by atoms with E-state index in [0.717, 1.165) is 11.3 Å². The molecule has 6 heteroatoms. The number of benzene rings is 1. The number of nitrogens with zero attached hydrogens (tertiary/aromatic N) is 3. The van der Waals surface area contributed by atoms with Crippen LogP contribution in [0.2, 0.25) is 0 Å². The molecular weight excluding hydrogens is 376 g/mol. The van der Waals surface area contributed by atoms with Crippen LogP contribution in [0.3, 0.4) is 0 Å². The Morgan fingerprint density at radius 2 is 1.87 bits per heavy atom. The zero-order chi connectivity index (χ0) is 21.1. The van der Waals surface area contributed by atoms with Crippen LogP contribution < -0.4 is 10.9 Å². The van der Waals surface area contributed by atoms with Crippen molar-refractivity contribution in [2.24, 2.45) is 0 Å². The van der Waals surface area contributed by atoms with Gasteiger partial charge in [0.05, 0.1) is 40.4 Å². The van der Waals surface area contributed by atoms with Crippen molar-refractivity contribution in [1.29, 1.82) is 0 Å². The van der Waals surface area contributed by atoms with Gasteiger partial charge in [-0.3, -0.25) is 19.6 Å². The van der Waals surface area contributed by atoms with E-state index in [1.54, 1.807) is 30.0 Å². The number of fused-ring (bicyclic) bond motifs is 1. The van der Waals surface area contributed by atoms with Gasteiger partial charge in [-0.05, 0) is 43.7 Å². The van der Waals surface area contributed by atoms with Gasteiger partial charge in [0.25, 0.3) is 11.5 Å². The summed E-state index contributed by atoms with van der Waals surface area (Å²) in [6, 6.07) is 18.7. The van der Waals surface area contributed by atoms with E-state index in [1.165, 1.54) is 0 Å². The fraction of sp³-hybridized carbons (Fsp3) is 0.167. The summed E-state index contributed by atoms with van der Waals surface area (Å²) in [5, 5.41) is 3.28. The molecule has 3 aromatic heterocycles. The predicted octanol–water partition coefficient (Wildman–Crippen LogP) is 3.64. The van der Waals surface area contributed by atoms with Gasteiger partial charge < -0.3 is 9.88 Å². The maximum absolute atomic E-state index is 13.2. The van der Waals surface area contributed by atoms with Crippen molar-refractivity contribution in [2.45, 2.75) is 26.4 Å². The Morgan fingerprint density at radius 3 is 2.60 bits per heavy atom. The SMILES string of the molecule is Cc1nc2ccn(C(C)c3ccccc3)c(=O)c2cc1C(=O)NCc1ccccn1. The van der Waals surface area contributed by atoms with E-state index in [9.17, 15) is 9.59 Å². The highest BCUT2D eigenvalue weighted by atomic mass is 16.1. The van der Waals surface area contributed by atoms with Crippen LogP contribution in [0.4, 0.5) is 0 Å². The Morgan fingerprint density at radius 1 is 1.10 bits per heavy atom. The molecule has 0 radical (unpaired) electrons. The Labute approximate surface area is 174 Å². The van der Waals surface area contributed by atoms with Crippen molar-refractivity contribution in [3.63, 3.8) is 0 Å². The smallest absolute Gasteiger partial charge is 0.260 e. The normalized spacial score (nSPS) is 11.9. The summed E-state index contributed by atoms with van der Waals surface area (Å²) < 4.78 is 1.67. The lowest BCUT2D eigenvalue weighted by atomic mass is 10.1. The van der Waals surface area contributed by atoms with Gasteiger partial charge >= 0.3 is 0 Å². The zero-order valence-electron chi connectivity index (χ0n) is 16.9. The van der Waals surface area contributed by atoms with Crippen LogP contribution in [-0.4, -0.2) is 20.4 Å². The van der Waals surface area contributed by atoms with Gasteiger partial charge in [0.1, 0.15) is 0 Å². The molecule has 0 aliphatic carbocycles. The summed E-state index contributed by atoms with van der Waals surface area (Å²) in [4.78, 5) is 34.6. The Bertz CT molecular complexity index is 1250. The summed E-state index contributed by atoms with van der Waals surface area (Å²) in [5.74, 6) is -0.279. The minimum atomic E-state index is -0.279. The van der Waals surface area contributed by atoms with Crippen LogP contribution in [0.15, 0.2) is 77.9 Å². The first-order valence-electron chi connectivity index (χ1n) is 9.80. The van der Waals surface area contributed by atoms with E-state index < -0.39 is 0 Å².